The van der Waals surface area contributed by atoms with E-state index in [1.54, 1.807) is 0 Å². The van der Waals surface area contributed by atoms with E-state index in [9.17, 15) is 4.79 Å². The molecule has 76 valence electrons. The zero-order valence-electron chi connectivity index (χ0n) is 8.73. The Hall–Kier alpha value is -0.0500. The molecular weight excluding hydrogens is 230 g/mol. The number of nitrogens with one attached hydrogen (secondary N) is 1. The molecule has 1 aliphatic rings. The Kier molecular flexibility index (Phi) is 3.05. The smallest absolute Gasteiger partial charge is 0.234 e. The van der Waals surface area contributed by atoms with Crippen LogP contribution in [0.5, 0.6) is 0 Å². The molecule has 0 heterocycles. The van der Waals surface area contributed by atoms with Gasteiger partial charge in [0.05, 0.1) is 4.83 Å². The summed E-state index contributed by atoms with van der Waals surface area (Å²) in [7, 11) is 0. The number of carbonyl (C=O) groups excluding carboxylic acids is 1. The second-order valence-electron chi connectivity index (χ2n) is 4.90. The summed E-state index contributed by atoms with van der Waals surface area (Å²) in [6.45, 7) is 8.43. The summed E-state index contributed by atoms with van der Waals surface area (Å²) >= 11 is 3.39. The molecule has 1 aliphatic carbocycles. The van der Waals surface area contributed by atoms with Crippen molar-refractivity contribution in [1.29, 1.82) is 0 Å². The summed E-state index contributed by atoms with van der Waals surface area (Å²) in [5.74, 6) is 0.479. The quantitative estimate of drug-likeness (QED) is 0.763. The molecule has 1 amide bonds. The SMILES string of the molecule is CC(C)C(Br)C(=O)NC1CC1(C)C. The Morgan fingerprint density at radius 2 is 2.00 bits per heavy atom. The Balaban J connectivity index is 2.35. The van der Waals surface area contributed by atoms with Gasteiger partial charge in [-0.05, 0) is 17.8 Å². The molecule has 0 aromatic carbocycles. The third-order valence-electron chi connectivity index (χ3n) is 2.67. The van der Waals surface area contributed by atoms with Crippen LogP contribution < -0.4 is 5.32 Å². The van der Waals surface area contributed by atoms with Gasteiger partial charge >= 0.3 is 0 Å². The number of halogens is 1. The molecule has 13 heavy (non-hydrogen) atoms. The van der Waals surface area contributed by atoms with Gasteiger partial charge in [-0.1, -0.05) is 43.6 Å². The van der Waals surface area contributed by atoms with E-state index in [0.717, 1.165) is 6.42 Å². The van der Waals surface area contributed by atoms with E-state index in [2.05, 4.69) is 35.1 Å². The van der Waals surface area contributed by atoms with Crippen molar-refractivity contribution in [2.75, 3.05) is 0 Å². The van der Waals surface area contributed by atoms with Crippen molar-refractivity contribution in [2.24, 2.45) is 11.3 Å². The molecular formula is C10H18BrNO. The number of amides is 1. The van der Waals surface area contributed by atoms with Crippen LogP contribution in [0, 0.1) is 11.3 Å². The van der Waals surface area contributed by atoms with Gasteiger partial charge in [0.1, 0.15) is 0 Å². The molecule has 2 nitrogen and oxygen atoms in total. The molecule has 1 saturated carbocycles. The summed E-state index contributed by atoms with van der Waals surface area (Å²) in [6.07, 6.45) is 1.11. The van der Waals surface area contributed by atoms with E-state index < -0.39 is 0 Å². The molecule has 0 aromatic rings. The van der Waals surface area contributed by atoms with Crippen LogP contribution in [0.1, 0.15) is 34.1 Å². The van der Waals surface area contributed by atoms with E-state index in [4.69, 9.17) is 0 Å². The predicted octanol–water partition coefficient (Wildman–Crippen LogP) is 2.32. The maximum Gasteiger partial charge on any atom is 0.234 e. The lowest BCUT2D eigenvalue weighted by atomic mass is 10.1. The first-order valence-electron chi connectivity index (χ1n) is 4.79. The number of hydrogen-bond acceptors (Lipinski definition) is 1. The molecule has 0 bridgehead atoms. The van der Waals surface area contributed by atoms with Crippen LogP contribution in [0.15, 0.2) is 0 Å². The first-order valence-corrected chi connectivity index (χ1v) is 5.70. The molecule has 2 atom stereocenters. The lowest BCUT2D eigenvalue weighted by Crippen LogP contribution is -2.36. The minimum absolute atomic E-state index is 0.0519. The first-order chi connectivity index (χ1) is 5.84. The van der Waals surface area contributed by atoms with Crippen molar-refractivity contribution in [3.05, 3.63) is 0 Å². The summed E-state index contributed by atoms with van der Waals surface area (Å²) in [5, 5.41) is 3.04. The molecule has 0 radical (unpaired) electrons. The molecule has 0 aliphatic heterocycles. The highest BCUT2D eigenvalue weighted by Gasteiger charge is 2.47. The van der Waals surface area contributed by atoms with E-state index in [1.807, 2.05) is 13.8 Å². The van der Waals surface area contributed by atoms with Crippen molar-refractivity contribution in [1.82, 2.24) is 5.32 Å². The van der Waals surface area contributed by atoms with E-state index in [0.29, 0.717) is 17.4 Å². The average Bonchev–Trinajstić information content (AvgIpc) is 2.56. The van der Waals surface area contributed by atoms with Gasteiger partial charge in [0, 0.05) is 6.04 Å². The topological polar surface area (TPSA) is 29.1 Å². The molecule has 1 rings (SSSR count). The maximum atomic E-state index is 11.6. The molecule has 0 saturated heterocycles. The van der Waals surface area contributed by atoms with Crippen molar-refractivity contribution in [2.45, 2.75) is 45.0 Å². The van der Waals surface area contributed by atoms with Crippen molar-refractivity contribution in [3.8, 4) is 0 Å². The summed E-state index contributed by atoms with van der Waals surface area (Å²) < 4.78 is 0. The van der Waals surface area contributed by atoms with Crippen molar-refractivity contribution in [3.63, 3.8) is 0 Å². The molecule has 2 unspecified atom stereocenters. The second kappa shape index (κ2) is 3.60. The number of hydrogen-bond donors (Lipinski definition) is 1. The van der Waals surface area contributed by atoms with Crippen LogP contribution >= 0.6 is 15.9 Å². The number of carbonyl (C=O) groups is 1. The first kappa shape index (κ1) is 11.0. The molecule has 0 spiro atoms. The Bertz CT molecular complexity index is 213. The van der Waals surface area contributed by atoms with Gasteiger partial charge in [-0.15, -0.1) is 0 Å². The average molecular weight is 248 g/mol. The van der Waals surface area contributed by atoms with Gasteiger partial charge in [-0.3, -0.25) is 4.79 Å². The number of alkyl halides is 1. The highest BCUT2D eigenvalue weighted by atomic mass is 79.9. The van der Waals surface area contributed by atoms with Crippen molar-refractivity contribution < 1.29 is 4.79 Å². The summed E-state index contributed by atoms with van der Waals surface area (Å²) in [6, 6.07) is 0.388. The van der Waals surface area contributed by atoms with Gasteiger partial charge in [-0.2, -0.15) is 0 Å². The lowest BCUT2D eigenvalue weighted by Gasteiger charge is -2.14. The van der Waals surface area contributed by atoms with E-state index >= 15 is 0 Å². The highest BCUT2D eigenvalue weighted by molar-refractivity contribution is 9.10. The Morgan fingerprint density at radius 1 is 1.54 bits per heavy atom. The van der Waals surface area contributed by atoms with Gasteiger partial charge in [0.15, 0.2) is 0 Å². The van der Waals surface area contributed by atoms with Crippen LogP contribution in [0.25, 0.3) is 0 Å². The van der Waals surface area contributed by atoms with Crippen LogP contribution in [-0.2, 0) is 4.79 Å². The molecule has 1 N–H and O–H groups in total. The third kappa shape index (κ3) is 2.70. The largest absolute Gasteiger partial charge is 0.352 e. The monoisotopic (exact) mass is 247 g/mol. The Labute approximate surface area is 88.6 Å². The standard InChI is InChI=1S/C10H18BrNO/c1-6(2)8(11)9(13)12-7-5-10(7,3)4/h6-8H,5H2,1-4H3,(H,12,13). The van der Waals surface area contributed by atoms with Gasteiger partial charge in [-0.25, -0.2) is 0 Å². The summed E-state index contributed by atoms with van der Waals surface area (Å²) in [4.78, 5) is 11.5. The molecule has 1 fully saturated rings. The van der Waals surface area contributed by atoms with Gasteiger partial charge in [0.2, 0.25) is 5.91 Å². The predicted molar refractivity (Wildman–Crippen MR) is 57.9 cm³/mol. The van der Waals surface area contributed by atoms with E-state index in [-0.39, 0.29) is 10.7 Å². The summed E-state index contributed by atoms with van der Waals surface area (Å²) in [5.41, 5.74) is 0.319. The van der Waals surface area contributed by atoms with Crippen LogP contribution in [0.4, 0.5) is 0 Å². The normalized spacial score (nSPS) is 27.1. The van der Waals surface area contributed by atoms with E-state index in [1.165, 1.54) is 0 Å². The third-order valence-corrected chi connectivity index (χ3v) is 4.14. The zero-order chi connectivity index (χ0) is 10.2. The molecule has 3 heteroatoms. The fourth-order valence-corrected chi connectivity index (χ4v) is 1.40. The van der Waals surface area contributed by atoms with Crippen LogP contribution in [0.3, 0.4) is 0 Å². The fourth-order valence-electron chi connectivity index (χ4n) is 1.27. The van der Waals surface area contributed by atoms with Gasteiger partial charge in [0.25, 0.3) is 0 Å². The fraction of sp³-hybridized carbons (Fsp3) is 0.900. The van der Waals surface area contributed by atoms with Crippen LogP contribution in [0.2, 0.25) is 0 Å². The Morgan fingerprint density at radius 3 is 2.31 bits per heavy atom. The molecule has 0 aromatic heterocycles. The van der Waals surface area contributed by atoms with Gasteiger partial charge < -0.3 is 5.32 Å². The lowest BCUT2D eigenvalue weighted by molar-refractivity contribution is -0.121. The maximum absolute atomic E-state index is 11.6. The van der Waals surface area contributed by atoms with Crippen LogP contribution in [-0.4, -0.2) is 16.8 Å². The van der Waals surface area contributed by atoms with Crippen molar-refractivity contribution >= 4 is 21.8 Å². The zero-order valence-corrected chi connectivity index (χ0v) is 10.3. The second-order valence-corrected chi connectivity index (χ2v) is 5.89. The minimum Gasteiger partial charge on any atom is -0.352 e. The minimum atomic E-state index is -0.0519. The number of rotatable bonds is 3. The highest BCUT2D eigenvalue weighted by Crippen LogP contribution is 2.44.